The zero-order valence-corrected chi connectivity index (χ0v) is 12.6. The standard InChI is InChI=1S/C14H13BrN2OS/c15-11-5-6-19-13(11)14(18)17-12-4-1-8-7-9(16)2-3-10(8)12/h2-3,5-7,12H,1,4,16H2,(H,17,18). The molecule has 0 bridgehead atoms. The minimum Gasteiger partial charge on any atom is -0.399 e. The normalized spacial score (nSPS) is 17.2. The van der Waals surface area contributed by atoms with Gasteiger partial charge in [-0.25, -0.2) is 0 Å². The molecule has 0 radical (unpaired) electrons. The van der Waals surface area contributed by atoms with Crippen molar-refractivity contribution < 1.29 is 4.79 Å². The SMILES string of the molecule is Nc1ccc2c(c1)CCC2NC(=O)c1sccc1Br. The number of benzene rings is 1. The molecule has 0 saturated carbocycles. The van der Waals surface area contributed by atoms with Crippen molar-refractivity contribution in [2.75, 3.05) is 5.73 Å². The molecule has 1 heterocycles. The molecule has 1 atom stereocenters. The highest BCUT2D eigenvalue weighted by molar-refractivity contribution is 9.10. The summed E-state index contributed by atoms with van der Waals surface area (Å²) in [5.41, 5.74) is 9.00. The number of nitrogens with one attached hydrogen (secondary N) is 1. The average Bonchev–Trinajstić information content (AvgIpc) is 2.96. The minimum atomic E-state index is -0.0171. The number of hydrogen-bond acceptors (Lipinski definition) is 3. The Hall–Kier alpha value is -1.33. The zero-order chi connectivity index (χ0) is 13.4. The zero-order valence-electron chi connectivity index (χ0n) is 10.2. The smallest absolute Gasteiger partial charge is 0.262 e. The van der Waals surface area contributed by atoms with Crippen LogP contribution in [0.3, 0.4) is 0 Å². The molecular weight excluding hydrogens is 324 g/mol. The number of rotatable bonds is 2. The average molecular weight is 337 g/mol. The third-order valence-electron chi connectivity index (χ3n) is 3.37. The molecule has 5 heteroatoms. The van der Waals surface area contributed by atoms with E-state index >= 15 is 0 Å². The number of fused-ring (bicyclic) bond motifs is 1. The van der Waals surface area contributed by atoms with Crippen LogP contribution in [-0.4, -0.2) is 5.91 Å². The maximum absolute atomic E-state index is 12.2. The van der Waals surface area contributed by atoms with E-state index in [0.29, 0.717) is 0 Å². The van der Waals surface area contributed by atoms with Crippen molar-refractivity contribution >= 4 is 38.9 Å². The lowest BCUT2D eigenvalue weighted by atomic mass is 10.1. The number of hydrogen-bond donors (Lipinski definition) is 2. The molecule has 3 N–H and O–H groups in total. The number of anilines is 1. The Labute approximate surface area is 124 Å². The van der Waals surface area contributed by atoms with Crippen LogP contribution in [0.1, 0.15) is 33.3 Å². The van der Waals surface area contributed by atoms with Gasteiger partial charge in [0.1, 0.15) is 4.88 Å². The molecule has 0 spiro atoms. The summed E-state index contributed by atoms with van der Waals surface area (Å²) in [5, 5.41) is 5.00. The largest absolute Gasteiger partial charge is 0.399 e. The van der Waals surface area contributed by atoms with Gasteiger partial charge in [0.25, 0.3) is 5.91 Å². The predicted molar refractivity (Wildman–Crippen MR) is 81.4 cm³/mol. The van der Waals surface area contributed by atoms with Gasteiger partial charge >= 0.3 is 0 Å². The number of aryl methyl sites for hydroxylation is 1. The fourth-order valence-corrected chi connectivity index (χ4v) is 3.92. The first-order valence-electron chi connectivity index (χ1n) is 6.07. The van der Waals surface area contributed by atoms with Gasteiger partial charge in [-0.15, -0.1) is 11.3 Å². The Morgan fingerprint density at radius 3 is 3.00 bits per heavy atom. The number of carbonyl (C=O) groups is 1. The quantitative estimate of drug-likeness (QED) is 0.824. The van der Waals surface area contributed by atoms with Gasteiger partial charge in [0.2, 0.25) is 0 Å². The summed E-state index contributed by atoms with van der Waals surface area (Å²) in [4.78, 5) is 12.9. The van der Waals surface area contributed by atoms with Gasteiger partial charge in [-0.1, -0.05) is 6.07 Å². The lowest BCUT2D eigenvalue weighted by molar-refractivity contribution is 0.0940. The van der Waals surface area contributed by atoms with Crippen LogP contribution in [0.15, 0.2) is 34.1 Å². The number of amides is 1. The van der Waals surface area contributed by atoms with E-state index in [4.69, 9.17) is 5.73 Å². The Bertz CT molecular complexity index is 638. The van der Waals surface area contributed by atoms with Gasteiger partial charge in [0, 0.05) is 10.2 Å². The van der Waals surface area contributed by atoms with Crippen LogP contribution < -0.4 is 11.1 Å². The number of nitrogens with two attached hydrogens (primary N) is 1. The van der Waals surface area contributed by atoms with Gasteiger partial charge in [-0.05, 0) is 63.5 Å². The highest BCUT2D eigenvalue weighted by Gasteiger charge is 2.25. The third-order valence-corrected chi connectivity index (χ3v) is 5.21. The minimum absolute atomic E-state index is 0.0171. The molecule has 1 aliphatic carbocycles. The first-order valence-corrected chi connectivity index (χ1v) is 7.74. The van der Waals surface area contributed by atoms with E-state index < -0.39 is 0 Å². The molecule has 2 aromatic rings. The van der Waals surface area contributed by atoms with E-state index in [1.165, 1.54) is 22.5 Å². The number of nitrogen functional groups attached to an aromatic ring is 1. The van der Waals surface area contributed by atoms with Crippen molar-refractivity contribution in [3.05, 3.63) is 50.1 Å². The van der Waals surface area contributed by atoms with Crippen molar-refractivity contribution in [3.8, 4) is 0 Å². The molecule has 0 aliphatic heterocycles. The highest BCUT2D eigenvalue weighted by Crippen LogP contribution is 2.33. The van der Waals surface area contributed by atoms with Crippen LogP contribution in [0.25, 0.3) is 0 Å². The molecule has 98 valence electrons. The Kier molecular flexibility index (Phi) is 3.33. The molecule has 1 unspecified atom stereocenters. The summed E-state index contributed by atoms with van der Waals surface area (Å²) >= 11 is 4.84. The second-order valence-electron chi connectivity index (χ2n) is 4.62. The van der Waals surface area contributed by atoms with Crippen LogP contribution >= 0.6 is 27.3 Å². The Balaban J connectivity index is 1.80. The second kappa shape index (κ2) is 4.98. The van der Waals surface area contributed by atoms with Crippen LogP contribution in [-0.2, 0) is 6.42 Å². The van der Waals surface area contributed by atoms with Crippen molar-refractivity contribution in [2.24, 2.45) is 0 Å². The summed E-state index contributed by atoms with van der Waals surface area (Å²) < 4.78 is 0.852. The highest BCUT2D eigenvalue weighted by atomic mass is 79.9. The van der Waals surface area contributed by atoms with Crippen molar-refractivity contribution in [1.29, 1.82) is 0 Å². The van der Waals surface area contributed by atoms with Crippen LogP contribution in [0.4, 0.5) is 5.69 Å². The fraction of sp³-hybridized carbons (Fsp3) is 0.214. The molecule has 1 aliphatic rings. The molecule has 1 amide bonds. The van der Waals surface area contributed by atoms with E-state index in [2.05, 4.69) is 21.2 Å². The summed E-state index contributed by atoms with van der Waals surface area (Å²) in [6.07, 6.45) is 1.91. The fourth-order valence-electron chi connectivity index (χ4n) is 2.47. The molecule has 0 fully saturated rings. The maximum Gasteiger partial charge on any atom is 0.262 e. The van der Waals surface area contributed by atoms with Crippen molar-refractivity contribution in [1.82, 2.24) is 5.32 Å². The van der Waals surface area contributed by atoms with E-state index in [9.17, 15) is 4.79 Å². The Morgan fingerprint density at radius 2 is 2.26 bits per heavy atom. The topological polar surface area (TPSA) is 55.1 Å². The molecule has 3 nitrogen and oxygen atoms in total. The van der Waals surface area contributed by atoms with Gasteiger partial charge in [0.15, 0.2) is 0 Å². The number of thiophene rings is 1. The van der Waals surface area contributed by atoms with Crippen LogP contribution in [0.5, 0.6) is 0 Å². The molecule has 1 aromatic heterocycles. The predicted octanol–water partition coefficient (Wildman–Crippen LogP) is 3.51. The maximum atomic E-state index is 12.2. The summed E-state index contributed by atoms with van der Waals surface area (Å²) in [7, 11) is 0. The summed E-state index contributed by atoms with van der Waals surface area (Å²) in [6, 6.07) is 7.90. The lowest BCUT2D eigenvalue weighted by Crippen LogP contribution is -2.26. The first kappa shape index (κ1) is 12.7. The monoisotopic (exact) mass is 336 g/mol. The van der Waals surface area contributed by atoms with Crippen LogP contribution in [0, 0.1) is 0 Å². The van der Waals surface area contributed by atoms with Crippen molar-refractivity contribution in [3.63, 3.8) is 0 Å². The van der Waals surface area contributed by atoms with Gasteiger partial charge < -0.3 is 11.1 Å². The number of carbonyl (C=O) groups excluding carboxylic acids is 1. The Morgan fingerprint density at radius 1 is 1.42 bits per heavy atom. The van der Waals surface area contributed by atoms with E-state index in [0.717, 1.165) is 27.9 Å². The van der Waals surface area contributed by atoms with E-state index in [1.807, 2.05) is 29.6 Å². The molecular formula is C14H13BrN2OS. The van der Waals surface area contributed by atoms with Crippen molar-refractivity contribution in [2.45, 2.75) is 18.9 Å². The number of halogens is 1. The summed E-state index contributed by atoms with van der Waals surface area (Å²) in [6.45, 7) is 0. The van der Waals surface area contributed by atoms with E-state index in [-0.39, 0.29) is 11.9 Å². The molecule has 19 heavy (non-hydrogen) atoms. The second-order valence-corrected chi connectivity index (χ2v) is 6.39. The van der Waals surface area contributed by atoms with Gasteiger partial charge in [-0.2, -0.15) is 0 Å². The van der Waals surface area contributed by atoms with Gasteiger partial charge in [0.05, 0.1) is 6.04 Å². The molecule has 0 saturated heterocycles. The molecule has 3 rings (SSSR count). The lowest BCUT2D eigenvalue weighted by Gasteiger charge is -2.13. The van der Waals surface area contributed by atoms with E-state index in [1.54, 1.807) is 0 Å². The third kappa shape index (κ3) is 2.40. The van der Waals surface area contributed by atoms with Crippen LogP contribution in [0.2, 0.25) is 0 Å². The van der Waals surface area contributed by atoms with Gasteiger partial charge in [-0.3, -0.25) is 4.79 Å². The first-order chi connectivity index (χ1) is 9.15. The molecule has 1 aromatic carbocycles. The summed E-state index contributed by atoms with van der Waals surface area (Å²) in [5.74, 6) is -0.0171.